The third-order valence-electron chi connectivity index (χ3n) is 2.48. The molecule has 9 heteroatoms. The number of hydrogen-bond acceptors (Lipinski definition) is 4. The predicted octanol–water partition coefficient (Wildman–Crippen LogP) is 2.39. The molecule has 0 spiro atoms. The van der Waals surface area contributed by atoms with Crippen molar-refractivity contribution in [3.8, 4) is 5.75 Å². The van der Waals surface area contributed by atoms with E-state index in [4.69, 9.17) is 4.74 Å². The van der Waals surface area contributed by atoms with E-state index < -0.39 is 22.4 Å². The van der Waals surface area contributed by atoms with Crippen LogP contribution < -0.4 is 10.1 Å². The van der Waals surface area contributed by atoms with Gasteiger partial charge in [0.25, 0.3) is 5.69 Å². The Labute approximate surface area is 112 Å². The highest BCUT2D eigenvalue weighted by molar-refractivity contribution is 5.85. The maximum Gasteiger partial charge on any atom is 0.416 e. The highest BCUT2D eigenvalue weighted by Gasteiger charge is 2.33. The Morgan fingerprint density at radius 2 is 1.95 bits per heavy atom. The van der Waals surface area contributed by atoms with Crippen LogP contribution in [0.15, 0.2) is 18.2 Å². The molecule has 0 aromatic heterocycles. The van der Waals surface area contributed by atoms with Gasteiger partial charge in [-0.05, 0) is 6.07 Å². The lowest BCUT2D eigenvalue weighted by Gasteiger charge is -2.27. The Kier molecular flexibility index (Phi) is 4.59. The lowest BCUT2D eigenvalue weighted by molar-refractivity contribution is -0.385. The number of nitrogens with zero attached hydrogens (tertiary/aromatic N) is 1. The van der Waals surface area contributed by atoms with E-state index in [9.17, 15) is 23.3 Å². The molecule has 19 heavy (non-hydrogen) atoms. The van der Waals surface area contributed by atoms with Crippen molar-refractivity contribution in [1.29, 1.82) is 0 Å². The Balaban J connectivity index is 0.00000180. The van der Waals surface area contributed by atoms with Crippen molar-refractivity contribution in [3.05, 3.63) is 33.9 Å². The van der Waals surface area contributed by atoms with Crippen molar-refractivity contribution < 1.29 is 22.8 Å². The Morgan fingerprint density at radius 3 is 2.37 bits per heavy atom. The zero-order valence-corrected chi connectivity index (χ0v) is 10.3. The first-order valence-electron chi connectivity index (χ1n) is 5.10. The van der Waals surface area contributed by atoms with Crippen molar-refractivity contribution in [2.24, 2.45) is 0 Å². The van der Waals surface area contributed by atoms with Gasteiger partial charge in [-0.3, -0.25) is 10.1 Å². The molecule has 0 unspecified atom stereocenters. The number of nitro benzene ring substituents is 1. The molecule has 0 radical (unpaired) electrons. The number of nitrogens with one attached hydrogen (secondary N) is 1. The van der Waals surface area contributed by atoms with Crippen molar-refractivity contribution in [3.63, 3.8) is 0 Å². The molecular formula is C10H10ClF3N2O3. The number of rotatable bonds is 3. The van der Waals surface area contributed by atoms with E-state index in [1.807, 2.05) is 0 Å². The normalized spacial score (nSPS) is 15.3. The van der Waals surface area contributed by atoms with Gasteiger partial charge in [0.1, 0.15) is 11.9 Å². The van der Waals surface area contributed by atoms with Crippen molar-refractivity contribution in [2.45, 2.75) is 12.3 Å². The molecule has 0 atom stereocenters. The van der Waals surface area contributed by atoms with Crippen LogP contribution in [-0.4, -0.2) is 24.1 Å². The lowest BCUT2D eigenvalue weighted by Crippen LogP contribution is -2.50. The van der Waals surface area contributed by atoms with Gasteiger partial charge < -0.3 is 10.1 Å². The molecular weight excluding hydrogens is 289 g/mol. The third kappa shape index (κ3) is 3.71. The molecule has 106 valence electrons. The van der Waals surface area contributed by atoms with Gasteiger partial charge in [0.15, 0.2) is 0 Å². The van der Waals surface area contributed by atoms with Crippen LogP contribution in [0.25, 0.3) is 0 Å². The fraction of sp³-hybridized carbons (Fsp3) is 0.400. The Hall–Kier alpha value is -1.54. The summed E-state index contributed by atoms with van der Waals surface area (Å²) < 4.78 is 42.9. The molecule has 1 saturated heterocycles. The second-order valence-corrected chi connectivity index (χ2v) is 3.87. The molecule has 1 fully saturated rings. The molecule has 5 nitrogen and oxygen atoms in total. The number of non-ortho nitro benzene ring substituents is 1. The van der Waals surface area contributed by atoms with Gasteiger partial charge in [-0.2, -0.15) is 13.2 Å². The van der Waals surface area contributed by atoms with E-state index in [1.165, 1.54) is 0 Å². The van der Waals surface area contributed by atoms with Crippen LogP contribution in [0.4, 0.5) is 18.9 Å². The molecule has 1 aliphatic rings. The monoisotopic (exact) mass is 298 g/mol. The van der Waals surface area contributed by atoms with Gasteiger partial charge in [0, 0.05) is 19.2 Å². The van der Waals surface area contributed by atoms with E-state index in [0.29, 0.717) is 19.2 Å². The van der Waals surface area contributed by atoms with E-state index in [2.05, 4.69) is 5.32 Å². The maximum atomic E-state index is 12.6. The fourth-order valence-corrected chi connectivity index (χ4v) is 1.46. The molecule has 1 heterocycles. The summed E-state index contributed by atoms with van der Waals surface area (Å²) in [5.74, 6) is -0.136. The van der Waals surface area contributed by atoms with Crippen LogP contribution in [0.3, 0.4) is 0 Å². The van der Waals surface area contributed by atoms with Crippen LogP contribution in [0.2, 0.25) is 0 Å². The molecule has 0 saturated carbocycles. The summed E-state index contributed by atoms with van der Waals surface area (Å²) in [5, 5.41) is 13.5. The summed E-state index contributed by atoms with van der Waals surface area (Å²) >= 11 is 0. The molecule has 1 aromatic rings. The summed E-state index contributed by atoms with van der Waals surface area (Å²) in [7, 11) is 0. The smallest absolute Gasteiger partial charge is 0.416 e. The molecule has 2 rings (SSSR count). The minimum atomic E-state index is -4.64. The highest BCUT2D eigenvalue weighted by Crippen LogP contribution is 2.35. The maximum absolute atomic E-state index is 12.6. The standard InChI is InChI=1S/C10H9F3N2O3.ClH/c11-10(12,13)6-1-7(15(16)17)3-8(2-6)18-9-4-14-5-9;/h1-3,9,14H,4-5H2;1H. The third-order valence-corrected chi connectivity index (χ3v) is 2.48. The first-order valence-corrected chi connectivity index (χ1v) is 5.10. The minimum Gasteiger partial charge on any atom is -0.487 e. The molecule has 1 N–H and O–H groups in total. The largest absolute Gasteiger partial charge is 0.487 e. The van der Waals surface area contributed by atoms with E-state index >= 15 is 0 Å². The van der Waals surface area contributed by atoms with Gasteiger partial charge in [-0.25, -0.2) is 0 Å². The lowest BCUT2D eigenvalue weighted by atomic mass is 10.1. The van der Waals surface area contributed by atoms with E-state index in [1.54, 1.807) is 0 Å². The molecule has 1 aliphatic heterocycles. The van der Waals surface area contributed by atoms with Crippen LogP contribution in [0, 0.1) is 10.1 Å². The van der Waals surface area contributed by atoms with Gasteiger partial charge in [0.2, 0.25) is 0 Å². The van der Waals surface area contributed by atoms with Gasteiger partial charge in [-0.1, -0.05) is 0 Å². The average molecular weight is 299 g/mol. The SMILES string of the molecule is Cl.O=[N+]([O-])c1cc(OC2CNC2)cc(C(F)(F)F)c1. The zero-order chi connectivity index (χ0) is 13.3. The molecule has 0 bridgehead atoms. The summed E-state index contributed by atoms with van der Waals surface area (Å²) in [4.78, 5) is 9.70. The number of benzene rings is 1. The first kappa shape index (κ1) is 15.5. The van der Waals surface area contributed by atoms with Crippen LogP contribution in [0.1, 0.15) is 5.56 Å². The Morgan fingerprint density at radius 1 is 1.32 bits per heavy atom. The molecule has 0 aliphatic carbocycles. The van der Waals surface area contributed by atoms with E-state index in [0.717, 1.165) is 12.1 Å². The zero-order valence-electron chi connectivity index (χ0n) is 9.44. The minimum absolute atomic E-state index is 0. The fourth-order valence-electron chi connectivity index (χ4n) is 1.46. The second kappa shape index (κ2) is 5.62. The van der Waals surface area contributed by atoms with Crippen LogP contribution in [0.5, 0.6) is 5.75 Å². The Bertz CT molecular complexity index is 478. The number of hydrogen-bond donors (Lipinski definition) is 1. The summed E-state index contributed by atoms with van der Waals surface area (Å²) in [6.07, 6.45) is -4.88. The van der Waals surface area contributed by atoms with Crippen LogP contribution in [-0.2, 0) is 6.18 Å². The summed E-state index contributed by atoms with van der Waals surface area (Å²) in [5.41, 5.74) is -1.72. The van der Waals surface area contributed by atoms with Crippen LogP contribution >= 0.6 is 12.4 Å². The van der Waals surface area contributed by atoms with Gasteiger partial charge >= 0.3 is 6.18 Å². The number of alkyl halides is 3. The van der Waals surface area contributed by atoms with Crippen molar-refractivity contribution in [1.82, 2.24) is 5.32 Å². The van der Waals surface area contributed by atoms with Crippen molar-refractivity contribution >= 4 is 18.1 Å². The number of ether oxygens (including phenoxy) is 1. The van der Waals surface area contributed by atoms with Gasteiger partial charge in [-0.15, -0.1) is 12.4 Å². The summed E-state index contributed by atoms with van der Waals surface area (Å²) in [6, 6.07) is 2.25. The topological polar surface area (TPSA) is 64.4 Å². The first-order chi connectivity index (χ1) is 8.36. The molecule has 0 amide bonds. The van der Waals surface area contributed by atoms with E-state index in [-0.39, 0.29) is 24.3 Å². The quantitative estimate of drug-likeness (QED) is 0.687. The van der Waals surface area contributed by atoms with Gasteiger partial charge in [0.05, 0.1) is 16.6 Å². The second-order valence-electron chi connectivity index (χ2n) is 3.87. The van der Waals surface area contributed by atoms with Crippen molar-refractivity contribution in [2.75, 3.05) is 13.1 Å². The number of halogens is 4. The molecule has 1 aromatic carbocycles. The summed E-state index contributed by atoms with van der Waals surface area (Å²) in [6.45, 7) is 1.04. The predicted molar refractivity (Wildman–Crippen MR) is 62.6 cm³/mol. The highest BCUT2D eigenvalue weighted by atomic mass is 35.5. The average Bonchev–Trinajstić information content (AvgIpc) is 2.22. The number of nitro groups is 1.